The largest absolute Gasteiger partial charge is 0.495 e. The maximum atomic E-state index is 12.7. The van der Waals surface area contributed by atoms with Gasteiger partial charge in [-0.3, -0.25) is 24.3 Å². The van der Waals surface area contributed by atoms with Gasteiger partial charge in [0, 0.05) is 12.1 Å². The van der Waals surface area contributed by atoms with E-state index < -0.39 is 16.4 Å². The molecule has 0 radical (unpaired) electrons. The van der Waals surface area contributed by atoms with Crippen LogP contribution in [0, 0.1) is 10.1 Å². The number of nitro benzene ring substituents is 1. The van der Waals surface area contributed by atoms with E-state index in [2.05, 4.69) is 31.1 Å². The average Bonchev–Trinajstić information content (AvgIpc) is 2.69. The first-order valence-electron chi connectivity index (χ1n) is 9.22. The Morgan fingerprint density at radius 3 is 2.60 bits per heavy atom. The van der Waals surface area contributed by atoms with Crippen LogP contribution in [0.15, 0.2) is 47.5 Å². The van der Waals surface area contributed by atoms with E-state index in [1.54, 1.807) is 6.07 Å². The van der Waals surface area contributed by atoms with Crippen LogP contribution >= 0.6 is 0 Å². The summed E-state index contributed by atoms with van der Waals surface area (Å²) in [7, 11) is 1.51. The molecule has 0 saturated carbocycles. The minimum absolute atomic E-state index is 0.117. The lowest BCUT2D eigenvalue weighted by atomic mass is 9.87. The van der Waals surface area contributed by atoms with Crippen LogP contribution in [0.5, 0.6) is 5.75 Å². The molecule has 1 amide bonds. The van der Waals surface area contributed by atoms with Crippen LogP contribution in [0.25, 0.3) is 10.9 Å². The third-order valence-electron chi connectivity index (χ3n) is 4.67. The first-order chi connectivity index (χ1) is 14.1. The number of hydrogen-bond donors (Lipinski definition) is 1. The summed E-state index contributed by atoms with van der Waals surface area (Å²) in [6, 6.07) is 9.37. The number of fused-ring (bicyclic) bond motifs is 1. The van der Waals surface area contributed by atoms with Crippen LogP contribution in [-0.2, 0) is 16.8 Å². The Labute approximate surface area is 172 Å². The van der Waals surface area contributed by atoms with Crippen molar-refractivity contribution in [2.24, 2.45) is 0 Å². The molecule has 0 bridgehead atoms. The minimum Gasteiger partial charge on any atom is -0.495 e. The summed E-state index contributed by atoms with van der Waals surface area (Å²) in [5.74, 6) is 0.0807. The summed E-state index contributed by atoms with van der Waals surface area (Å²) in [5.41, 5.74) is 0.992. The third kappa shape index (κ3) is 4.29. The van der Waals surface area contributed by atoms with Crippen molar-refractivity contribution in [3.05, 3.63) is 68.8 Å². The summed E-state index contributed by atoms with van der Waals surface area (Å²) >= 11 is 0. The molecule has 0 spiro atoms. The zero-order valence-electron chi connectivity index (χ0n) is 17.1. The molecule has 0 aliphatic rings. The molecule has 3 aromatic rings. The van der Waals surface area contributed by atoms with E-state index in [1.807, 2.05) is 12.1 Å². The molecule has 1 heterocycles. The first kappa shape index (κ1) is 21.0. The number of hydrogen-bond acceptors (Lipinski definition) is 6. The van der Waals surface area contributed by atoms with Gasteiger partial charge in [-0.25, -0.2) is 4.98 Å². The Morgan fingerprint density at radius 2 is 1.97 bits per heavy atom. The molecule has 0 unspecified atom stereocenters. The van der Waals surface area contributed by atoms with Crippen molar-refractivity contribution in [1.82, 2.24) is 9.55 Å². The fraction of sp³-hybridized carbons (Fsp3) is 0.286. The van der Waals surface area contributed by atoms with Crippen LogP contribution < -0.4 is 15.6 Å². The van der Waals surface area contributed by atoms with Crippen molar-refractivity contribution in [2.75, 3.05) is 12.4 Å². The van der Waals surface area contributed by atoms with Crippen LogP contribution in [0.2, 0.25) is 0 Å². The van der Waals surface area contributed by atoms with Gasteiger partial charge in [0.2, 0.25) is 5.91 Å². The monoisotopic (exact) mass is 410 g/mol. The van der Waals surface area contributed by atoms with Gasteiger partial charge >= 0.3 is 0 Å². The van der Waals surface area contributed by atoms with Gasteiger partial charge in [0.05, 0.1) is 35.0 Å². The molecule has 9 heteroatoms. The number of nitrogens with zero attached hydrogens (tertiary/aromatic N) is 3. The van der Waals surface area contributed by atoms with Gasteiger partial charge in [0.25, 0.3) is 11.2 Å². The number of ether oxygens (including phenoxy) is 1. The number of anilines is 1. The summed E-state index contributed by atoms with van der Waals surface area (Å²) < 4.78 is 6.48. The molecule has 156 valence electrons. The predicted octanol–water partition coefficient (Wildman–Crippen LogP) is 3.25. The van der Waals surface area contributed by atoms with Gasteiger partial charge in [-0.05, 0) is 29.2 Å². The lowest BCUT2D eigenvalue weighted by molar-refractivity contribution is -0.384. The highest BCUT2D eigenvalue weighted by Gasteiger charge is 2.18. The fourth-order valence-electron chi connectivity index (χ4n) is 2.99. The fourth-order valence-corrected chi connectivity index (χ4v) is 2.99. The predicted molar refractivity (Wildman–Crippen MR) is 113 cm³/mol. The third-order valence-corrected chi connectivity index (χ3v) is 4.67. The van der Waals surface area contributed by atoms with E-state index in [9.17, 15) is 19.7 Å². The second-order valence-electron chi connectivity index (χ2n) is 7.85. The smallest absolute Gasteiger partial charge is 0.271 e. The van der Waals surface area contributed by atoms with Gasteiger partial charge in [-0.15, -0.1) is 0 Å². The summed E-state index contributed by atoms with van der Waals surface area (Å²) in [6.07, 6.45) is 1.21. The molecule has 0 saturated heterocycles. The van der Waals surface area contributed by atoms with Crippen LogP contribution in [-0.4, -0.2) is 27.5 Å². The maximum absolute atomic E-state index is 12.7. The van der Waals surface area contributed by atoms with E-state index in [1.165, 1.54) is 31.6 Å². The molecule has 1 aromatic heterocycles. The number of benzene rings is 2. The Morgan fingerprint density at radius 1 is 1.23 bits per heavy atom. The summed E-state index contributed by atoms with van der Waals surface area (Å²) in [6.45, 7) is 5.92. The standard InChI is InChI=1S/C21H22N4O5/c1-21(2,3)13-5-8-18(30-4)17(9-13)23-19(26)11-24-12-22-16-10-14(25(28)29)6-7-15(16)20(24)27/h5-10,12H,11H2,1-4H3,(H,23,26). The highest BCUT2D eigenvalue weighted by atomic mass is 16.6. The van der Waals surface area contributed by atoms with Crippen LogP contribution in [0.1, 0.15) is 26.3 Å². The number of rotatable bonds is 5. The second kappa shape index (κ2) is 7.94. The number of aromatic nitrogens is 2. The number of carbonyl (C=O) groups excluding carboxylic acids is 1. The molecule has 0 aliphatic heterocycles. The molecular weight excluding hydrogens is 388 g/mol. The van der Waals surface area contributed by atoms with Crippen LogP contribution in [0.4, 0.5) is 11.4 Å². The lowest BCUT2D eigenvalue weighted by Crippen LogP contribution is -2.28. The number of nitrogens with one attached hydrogen (secondary N) is 1. The van der Waals surface area contributed by atoms with Gasteiger partial charge in [-0.1, -0.05) is 26.8 Å². The number of amides is 1. The topological polar surface area (TPSA) is 116 Å². The maximum Gasteiger partial charge on any atom is 0.271 e. The lowest BCUT2D eigenvalue weighted by Gasteiger charge is -2.21. The van der Waals surface area contributed by atoms with E-state index in [-0.39, 0.29) is 28.6 Å². The summed E-state index contributed by atoms with van der Waals surface area (Å²) in [4.78, 5) is 39.7. The van der Waals surface area contributed by atoms with Crippen molar-refractivity contribution in [3.63, 3.8) is 0 Å². The van der Waals surface area contributed by atoms with Gasteiger partial charge < -0.3 is 10.1 Å². The number of carbonyl (C=O) groups is 1. The summed E-state index contributed by atoms with van der Waals surface area (Å²) in [5, 5.41) is 13.9. The Bertz CT molecular complexity index is 1190. The van der Waals surface area contributed by atoms with E-state index in [4.69, 9.17) is 4.74 Å². The van der Waals surface area contributed by atoms with Crippen LogP contribution in [0.3, 0.4) is 0 Å². The molecule has 1 N–H and O–H groups in total. The second-order valence-corrected chi connectivity index (χ2v) is 7.85. The van der Waals surface area contributed by atoms with Crippen molar-refractivity contribution in [1.29, 1.82) is 0 Å². The zero-order chi connectivity index (χ0) is 22.1. The van der Waals surface area contributed by atoms with E-state index >= 15 is 0 Å². The van der Waals surface area contributed by atoms with Gasteiger partial charge in [0.1, 0.15) is 12.3 Å². The van der Waals surface area contributed by atoms with E-state index in [0.717, 1.165) is 10.1 Å². The SMILES string of the molecule is COc1ccc(C(C)(C)C)cc1NC(=O)Cn1cnc2cc([N+](=O)[O-])ccc2c1=O. The average molecular weight is 410 g/mol. The molecular formula is C21H22N4O5. The molecule has 3 rings (SSSR count). The van der Waals surface area contributed by atoms with Crippen molar-refractivity contribution in [3.8, 4) is 5.75 Å². The number of nitro groups is 1. The van der Waals surface area contributed by atoms with Crippen molar-refractivity contribution >= 4 is 28.2 Å². The molecule has 0 aliphatic carbocycles. The molecule has 9 nitrogen and oxygen atoms in total. The zero-order valence-corrected chi connectivity index (χ0v) is 17.1. The first-order valence-corrected chi connectivity index (χ1v) is 9.22. The van der Waals surface area contributed by atoms with Crippen molar-refractivity contribution < 1.29 is 14.5 Å². The Kier molecular flexibility index (Phi) is 5.55. The number of methoxy groups -OCH3 is 1. The quantitative estimate of drug-likeness (QED) is 0.510. The highest BCUT2D eigenvalue weighted by molar-refractivity contribution is 5.92. The molecule has 2 aromatic carbocycles. The minimum atomic E-state index is -0.556. The van der Waals surface area contributed by atoms with E-state index in [0.29, 0.717) is 11.4 Å². The molecule has 0 atom stereocenters. The normalized spacial score (nSPS) is 11.3. The Hall–Kier alpha value is -3.75. The number of non-ortho nitro benzene ring substituents is 1. The Balaban J connectivity index is 1.87. The van der Waals surface area contributed by atoms with Gasteiger partial charge in [0.15, 0.2) is 0 Å². The molecule has 0 fully saturated rings. The van der Waals surface area contributed by atoms with Gasteiger partial charge in [-0.2, -0.15) is 0 Å². The van der Waals surface area contributed by atoms with Crippen molar-refractivity contribution in [2.45, 2.75) is 32.7 Å². The highest BCUT2D eigenvalue weighted by Crippen LogP contribution is 2.31. The molecule has 30 heavy (non-hydrogen) atoms.